The summed E-state index contributed by atoms with van der Waals surface area (Å²) in [5, 5.41) is 13.0. The highest BCUT2D eigenvalue weighted by molar-refractivity contribution is 5.38. The third-order valence-electron chi connectivity index (χ3n) is 4.80. The summed E-state index contributed by atoms with van der Waals surface area (Å²) in [4.78, 5) is 0. The zero-order chi connectivity index (χ0) is 15.8. The van der Waals surface area contributed by atoms with Gasteiger partial charge >= 0.3 is 0 Å². The normalized spacial score (nSPS) is 17.2. The molecule has 0 atom stereocenters. The molecule has 0 heterocycles. The van der Waals surface area contributed by atoms with Crippen LogP contribution in [-0.4, -0.2) is 32.5 Å². The van der Waals surface area contributed by atoms with Crippen LogP contribution in [0.1, 0.15) is 44.1 Å². The zero-order valence-electron chi connectivity index (χ0n) is 13.9. The van der Waals surface area contributed by atoms with Gasteiger partial charge in [-0.2, -0.15) is 0 Å². The fourth-order valence-corrected chi connectivity index (χ4v) is 3.49. The van der Waals surface area contributed by atoms with Crippen molar-refractivity contribution >= 4 is 0 Å². The van der Waals surface area contributed by atoms with Crippen molar-refractivity contribution in [3.63, 3.8) is 0 Å². The van der Waals surface area contributed by atoms with Crippen LogP contribution in [0.15, 0.2) is 18.2 Å². The second kappa shape index (κ2) is 8.39. The van der Waals surface area contributed by atoms with E-state index in [-0.39, 0.29) is 12.0 Å². The van der Waals surface area contributed by atoms with E-state index in [1.165, 1.54) is 32.1 Å². The molecule has 124 valence electrons. The Hall–Kier alpha value is -1.26. The highest BCUT2D eigenvalue weighted by Gasteiger charge is 2.30. The van der Waals surface area contributed by atoms with Gasteiger partial charge in [0.25, 0.3) is 0 Å². The predicted octanol–water partition coefficient (Wildman–Crippen LogP) is 3.13. The van der Waals surface area contributed by atoms with E-state index in [1.54, 1.807) is 14.2 Å². The molecule has 0 amide bonds. The number of ether oxygens (including phenoxy) is 2. The smallest absolute Gasteiger partial charge is 0.122 e. The molecule has 0 unspecified atom stereocenters. The van der Waals surface area contributed by atoms with E-state index in [1.807, 2.05) is 18.2 Å². The fraction of sp³-hybridized carbons (Fsp3) is 0.667. The summed E-state index contributed by atoms with van der Waals surface area (Å²) >= 11 is 0. The third-order valence-corrected chi connectivity index (χ3v) is 4.80. The van der Waals surface area contributed by atoms with Crippen molar-refractivity contribution in [3.05, 3.63) is 23.8 Å². The van der Waals surface area contributed by atoms with Crippen molar-refractivity contribution in [2.75, 3.05) is 27.4 Å². The van der Waals surface area contributed by atoms with Gasteiger partial charge in [0, 0.05) is 25.8 Å². The topological polar surface area (TPSA) is 50.7 Å². The lowest BCUT2D eigenvalue weighted by atomic mass is 9.72. The van der Waals surface area contributed by atoms with Crippen LogP contribution in [0, 0.1) is 5.41 Å². The highest BCUT2D eigenvalue weighted by Crippen LogP contribution is 2.38. The van der Waals surface area contributed by atoms with Gasteiger partial charge in [0.15, 0.2) is 0 Å². The van der Waals surface area contributed by atoms with Crippen LogP contribution < -0.4 is 14.8 Å². The standard InChI is InChI=1S/C18H29NO3/c1-21-16-10-15(11-17(12-16)22-2)13-19-14-18(8-9-20)6-4-3-5-7-18/h10-12,19-20H,3-9,13-14H2,1-2H3. The van der Waals surface area contributed by atoms with Crippen LogP contribution >= 0.6 is 0 Å². The molecular weight excluding hydrogens is 278 g/mol. The number of nitrogens with one attached hydrogen (secondary N) is 1. The molecule has 1 aliphatic carbocycles. The number of aliphatic hydroxyl groups excluding tert-OH is 1. The Morgan fingerprint density at radius 1 is 1.05 bits per heavy atom. The quantitative estimate of drug-likeness (QED) is 0.775. The molecule has 4 nitrogen and oxygen atoms in total. The first-order valence-electron chi connectivity index (χ1n) is 8.25. The average Bonchev–Trinajstić information content (AvgIpc) is 2.55. The van der Waals surface area contributed by atoms with Crippen LogP contribution in [0.5, 0.6) is 11.5 Å². The Kier molecular flexibility index (Phi) is 6.52. The summed E-state index contributed by atoms with van der Waals surface area (Å²) in [6.07, 6.45) is 7.26. The highest BCUT2D eigenvalue weighted by atomic mass is 16.5. The van der Waals surface area contributed by atoms with Crippen molar-refractivity contribution in [1.82, 2.24) is 5.32 Å². The van der Waals surface area contributed by atoms with Crippen molar-refractivity contribution < 1.29 is 14.6 Å². The van der Waals surface area contributed by atoms with Crippen molar-refractivity contribution in [2.45, 2.75) is 45.1 Å². The number of aliphatic hydroxyl groups is 1. The van der Waals surface area contributed by atoms with Gasteiger partial charge in [-0.25, -0.2) is 0 Å². The van der Waals surface area contributed by atoms with E-state index in [2.05, 4.69) is 5.32 Å². The number of methoxy groups -OCH3 is 2. The number of rotatable bonds is 8. The molecule has 2 N–H and O–H groups in total. The predicted molar refractivity (Wildman–Crippen MR) is 88.5 cm³/mol. The van der Waals surface area contributed by atoms with Gasteiger partial charge in [0.05, 0.1) is 14.2 Å². The SMILES string of the molecule is COc1cc(CNCC2(CCO)CCCCC2)cc(OC)c1. The van der Waals surface area contributed by atoms with Gasteiger partial charge in [-0.05, 0) is 42.4 Å². The Labute approximate surface area is 133 Å². The molecule has 1 fully saturated rings. The molecule has 2 rings (SSSR count). The molecule has 1 aromatic rings. The second-order valence-electron chi connectivity index (χ2n) is 6.36. The first-order valence-corrected chi connectivity index (χ1v) is 8.25. The van der Waals surface area contributed by atoms with Gasteiger partial charge in [-0.3, -0.25) is 0 Å². The van der Waals surface area contributed by atoms with Crippen LogP contribution in [0.3, 0.4) is 0 Å². The van der Waals surface area contributed by atoms with Crippen molar-refractivity contribution in [2.24, 2.45) is 5.41 Å². The van der Waals surface area contributed by atoms with Crippen molar-refractivity contribution in [3.8, 4) is 11.5 Å². The number of hydrogen-bond donors (Lipinski definition) is 2. The molecule has 0 aliphatic heterocycles. The van der Waals surface area contributed by atoms with Crippen molar-refractivity contribution in [1.29, 1.82) is 0 Å². The summed E-state index contributed by atoms with van der Waals surface area (Å²) in [5.41, 5.74) is 1.43. The maximum atomic E-state index is 9.38. The first-order chi connectivity index (χ1) is 10.7. The van der Waals surface area contributed by atoms with Crippen LogP contribution in [0.25, 0.3) is 0 Å². The molecule has 0 saturated heterocycles. The fourth-order valence-electron chi connectivity index (χ4n) is 3.49. The molecule has 0 spiro atoms. The monoisotopic (exact) mass is 307 g/mol. The number of benzene rings is 1. The lowest BCUT2D eigenvalue weighted by molar-refractivity contribution is 0.126. The third kappa shape index (κ3) is 4.62. The Balaban J connectivity index is 1.94. The van der Waals surface area contributed by atoms with Gasteiger partial charge in [0.1, 0.15) is 11.5 Å². The van der Waals surface area contributed by atoms with E-state index in [0.717, 1.165) is 36.6 Å². The van der Waals surface area contributed by atoms with Gasteiger partial charge in [-0.1, -0.05) is 19.3 Å². The largest absolute Gasteiger partial charge is 0.497 e. The maximum Gasteiger partial charge on any atom is 0.122 e. The summed E-state index contributed by atoms with van der Waals surface area (Å²) in [6.45, 7) is 2.04. The van der Waals surface area contributed by atoms with Gasteiger partial charge < -0.3 is 19.9 Å². The average molecular weight is 307 g/mol. The van der Waals surface area contributed by atoms with Crippen LogP contribution in [0.4, 0.5) is 0 Å². The van der Waals surface area contributed by atoms with E-state index in [4.69, 9.17) is 9.47 Å². The van der Waals surface area contributed by atoms with Gasteiger partial charge in [0.2, 0.25) is 0 Å². The van der Waals surface area contributed by atoms with E-state index >= 15 is 0 Å². The minimum atomic E-state index is 0.274. The summed E-state index contributed by atoms with van der Waals surface area (Å²) < 4.78 is 10.6. The molecule has 0 radical (unpaired) electrons. The molecule has 22 heavy (non-hydrogen) atoms. The molecule has 1 aromatic carbocycles. The first kappa shape index (κ1) is 17.1. The molecule has 0 aromatic heterocycles. The number of hydrogen-bond acceptors (Lipinski definition) is 4. The summed E-state index contributed by atoms with van der Waals surface area (Å²) in [6, 6.07) is 5.96. The molecular formula is C18H29NO3. The summed E-state index contributed by atoms with van der Waals surface area (Å²) in [7, 11) is 3.34. The Morgan fingerprint density at radius 3 is 2.23 bits per heavy atom. The summed E-state index contributed by atoms with van der Waals surface area (Å²) in [5.74, 6) is 1.64. The van der Waals surface area contributed by atoms with Crippen LogP contribution in [0.2, 0.25) is 0 Å². The van der Waals surface area contributed by atoms with E-state index < -0.39 is 0 Å². The molecule has 0 bridgehead atoms. The molecule has 1 saturated carbocycles. The van der Waals surface area contributed by atoms with E-state index in [0.29, 0.717) is 0 Å². The van der Waals surface area contributed by atoms with Crippen LogP contribution in [-0.2, 0) is 6.54 Å². The maximum absolute atomic E-state index is 9.38. The molecule has 4 heteroatoms. The minimum Gasteiger partial charge on any atom is -0.497 e. The Morgan fingerprint density at radius 2 is 1.68 bits per heavy atom. The zero-order valence-corrected chi connectivity index (χ0v) is 13.9. The minimum absolute atomic E-state index is 0.274. The Bertz CT molecular complexity index is 428. The second-order valence-corrected chi connectivity index (χ2v) is 6.36. The van der Waals surface area contributed by atoms with Gasteiger partial charge in [-0.15, -0.1) is 0 Å². The lowest BCUT2D eigenvalue weighted by Gasteiger charge is -2.37. The lowest BCUT2D eigenvalue weighted by Crippen LogP contribution is -2.36. The van der Waals surface area contributed by atoms with E-state index in [9.17, 15) is 5.11 Å². The molecule has 1 aliphatic rings.